The van der Waals surface area contributed by atoms with Gasteiger partial charge in [-0.05, 0) is 35.7 Å². The Morgan fingerprint density at radius 1 is 1.03 bits per heavy atom. The molecule has 33 heavy (non-hydrogen) atoms. The van der Waals surface area contributed by atoms with Crippen LogP contribution in [0.2, 0.25) is 5.02 Å². The van der Waals surface area contributed by atoms with Gasteiger partial charge >= 0.3 is 0 Å². The van der Waals surface area contributed by atoms with Crippen molar-refractivity contribution in [3.05, 3.63) is 77.1 Å². The van der Waals surface area contributed by atoms with Crippen molar-refractivity contribution in [1.29, 1.82) is 0 Å². The third-order valence-corrected chi connectivity index (χ3v) is 8.81. The van der Waals surface area contributed by atoms with Crippen molar-refractivity contribution in [2.75, 3.05) is 6.54 Å². The maximum atomic E-state index is 13.2. The number of hydrogen-bond acceptors (Lipinski definition) is 5. The van der Waals surface area contributed by atoms with Crippen molar-refractivity contribution in [2.45, 2.75) is 49.7 Å². The summed E-state index contributed by atoms with van der Waals surface area (Å²) < 4.78 is 55.7. The van der Waals surface area contributed by atoms with Gasteiger partial charge in [0.1, 0.15) is 0 Å². The Morgan fingerprint density at radius 3 is 2.33 bits per heavy atom. The quantitative estimate of drug-likeness (QED) is 0.404. The molecule has 10 heteroatoms. The second kappa shape index (κ2) is 10.4. The molecule has 1 aromatic heterocycles. The Hall–Kier alpha value is -2.20. The van der Waals surface area contributed by atoms with Gasteiger partial charge in [0.15, 0.2) is 0 Å². The first-order valence-corrected chi connectivity index (χ1v) is 14.1. The van der Waals surface area contributed by atoms with Crippen LogP contribution in [0.3, 0.4) is 0 Å². The van der Waals surface area contributed by atoms with Crippen molar-refractivity contribution in [1.82, 2.24) is 13.9 Å². The van der Waals surface area contributed by atoms with E-state index >= 15 is 0 Å². The lowest BCUT2D eigenvalue weighted by Crippen LogP contribution is -2.31. The van der Waals surface area contributed by atoms with E-state index in [4.69, 9.17) is 11.6 Å². The van der Waals surface area contributed by atoms with Gasteiger partial charge in [-0.15, -0.1) is 0 Å². The van der Waals surface area contributed by atoms with Crippen LogP contribution in [0.5, 0.6) is 0 Å². The molecule has 178 valence electrons. The van der Waals surface area contributed by atoms with Gasteiger partial charge in [0.25, 0.3) is 0 Å². The van der Waals surface area contributed by atoms with Crippen LogP contribution in [0, 0.1) is 5.92 Å². The van der Waals surface area contributed by atoms with E-state index in [1.165, 1.54) is 10.5 Å². The van der Waals surface area contributed by atoms with E-state index in [0.29, 0.717) is 22.8 Å². The van der Waals surface area contributed by atoms with Crippen molar-refractivity contribution in [3.8, 4) is 0 Å². The molecule has 7 nitrogen and oxygen atoms in total. The number of benzene rings is 2. The Bertz CT molecular complexity index is 1300. The molecule has 3 aromatic rings. The standard InChI is InChI=1S/C23H28ClN3O4S2/c1-4-26(33(30,31)22-11-6-5-7-12-22)16-21-14-25-23(27(21)15-18(2)3)32(28,29)17-19-9-8-10-20(24)13-19/h5-14,18H,4,15-17H2,1-3H3. The summed E-state index contributed by atoms with van der Waals surface area (Å²) in [6.45, 7) is 6.32. The summed E-state index contributed by atoms with van der Waals surface area (Å²) in [6.07, 6.45) is 1.45. The highest BCUT2D eigenvalue weighted by Gasteiger charge is 2.28. The summed E-state index contributed by atoms with van der Waals surface area (Å²) in [5.74, 6) is -0.124. The van der Waals surface area contributed by atoms with Crippen molar-refractivity contribution < 1.29 is 16.8 Å². The fourth-order valence-corrected chi connectivity index (χ4v) is 6.67. The van der Waals surface area contributed by atoms with Crippen LogP contribution in [0.1, 0.15) is 32.0 Å². The highest BCUT2D eigenvalue weighted by atomic mass is 35.5. The predicted octanol–water partition coefficient (Wildman–Crippen LogP) is 4.38. The number of imidazole rings is 1. The van der Waals surface area contributed by atoms with Gasteiger partial charge < -0.3 is 4.57 Å². The number of halogens is 1. The molecule has 0 atom stereocenters. The van der Waals surface area contributed by atoms with Gasteiger partial charge in [-0.25, -0.2) is 21.8 Å². The molecular weight excluding hydrogens is 482 g/mol. The van der Waals surface area contributed by atoms with Crippen LogP contribution < -0.4 is 0 Å². The highest BCUT2D eigenvalue weighted by molar-refractivity contribution is 7.90. The molecule has 0 spiro atoms. The third kappa shape index (κ3) is 6.03. The minimum atomic E-state index is -3.79. The number of hydrogen-bond donors (Lipinski definition) is 0. The second-order valence-electron chi connectivity index (χ2n) is 8.17. The molecule has 0 aliphatic rings. The van der Waals surface area contributed by atoms with Crippen LogP contribution in [-0.4, -0.2) is 37.2 Å². The Labute approximate surface area is 201 Å². The topological polar surface area (TPSA) is 89.3 Å². The minimum absolute atomic E-state index is 0.0140. The van der Waals surface area contributed by atoms with E-state index in [1.807, 2.05) is 13.8 Å². The minimum Gasteiger partial charge on any atom is -0.317 e. The van der Waals surface area contributed by atoms with Crippen LogP contribution >= 0.6 is 11.6 Å². The molecule has 0 unspecified atom stereocenters. The normalized spacial score (nSPS) is 12.5. The summed E-state index contributed by atoms with van der Waals surface area (Å²) in [4.78, 5) is 4.41. The first kappa shape index (κ1) is 25.4. The van der Waals surface area contributed by atoms with E-state index in [0.717, 1.165) is 0 Å². The molecule has 0 N–H and O–H groups in total. The van der Waals surface area contributed by atoms with Crippen LogP contribution in [0.25, 0.3) is 0 Å². The molecule has 0 amide bonds. The lowest BCUT2D eigenvalue weighted by molar-refractivity contribution is 0.395. The molecule has 1 heterocycles. The lowest BCUT2D eigenvalue weighted by atomic mass is 10.2. The number of aromatic nitrogens is 2. The van der Waals surface area contributed by atoms with E-state index < -0.39 is 19.9 Å². The number of nitrogens with zero attached hydrogens (tertiary/aromatic N) is 3. The zero-order valence-electron chi connectivity index (χ0n) is 18.8. The number of rotatable bonds is 10. The van der Waals surface area contributed by atoms with Crippen LogP contribution in [0.15, 0.2) is 70.8 Å². The van der Waals surface area contributed by atoms with Gasteiger partial charge in [0.05, 0.1) is 29.1 Å². The van der Waals surface area contributed by atoms with E-state index in [-0.39, 0.29) is 34.8 Å². The summed E-state index contributed by atoms with van der Waals surface area (Å²) in [6, 6.07) is 14.9. The Kier molecular flexibility index (Phi) is 8.00. The third-order valence-electron chi connectivity index (χ3n) is 5.05. The van der Waals surface area contributed by atoms with Crippen LogP contribution in [-0.2, 0) is 38.7 Å². The molecule has 0 aliphatic heterocycles. The molecule has 0 aliphatic carbocycles. The highest BCUT2D eigenvalue weighted by Crippen LogP contribution is 2.23. The molecule has 0 saturated heterocycles. The van der Waals surface area contributed by atoms with Crippen LogP contribution in [0.4, 0.5) is 0 Å². The average Bonchev–Trinajstić information content (AvgIpc) is 3.14. The molecule has 3 rings (SSSR count). The Balaban J connectivity index is 1.98. The smallest absolute Gasteiger partial charge is 0.243 e. The zero-order chi connectivity index (χ0) is 24.2. The van der Waals surface area contributed by atoms with Gasteiger partial charge in [-0.3, -0.25) is 0 Å². The first-order chi connectivity index (χ1) is 15.5. The van der Waals surface area contributed by atoms with Gasteiger partial charge in [0.2, 0.25) is 25.0 Å². The maximum Gasteiger partial charge on any atom is 0.243 e. The van der Waals surface area contributed by atoms with Crippen molar-refractivity contribution in [3.63, 3.8) is 0 Å². The number of sulfonamides is 1. The summed E-state index contributed by atoms with van der Waals surface area (Å²) in [7, 11) is -7.54. The summed E-state index contributed by atoms with van der Waals surface area (Å²) in [5, 5.41) is 0.387. The molecule has 0 radical (unpaired) electrons. The molecule has 2 aromatic carbocycles. The maximum absolute atomic E-state index is 13.2. The van der Waals surface area contributed by atoms with Crippen molar-refractivity contribution >= 4 is 31.5 Å². The van der Waals surface area contributed by atoms with Gasteiger partial charge in [0, 0.05) is 18.1 Å². The predicted molar refractivity (Wildman–Crippen MR) is 129 cm³/mol. The molecule has 0 saturated carbocycles. The lowest BCUT2D eigenvalue weighted by Gasteiger charge is -2.22. The first-order valence-electron chi connectivity index (χ1n) is 10.6. The molecule has 0 bridgehead atoms. The molecule has 0 fully saturated rings. The number of sulfone groups is 1. The Morgan fingerprint density at radius 2 is 1.73 bits per heavy atom. The molecular formula is C23H28ClN3O4S2. The summed E-state index contributed by atoms with van der Waals surface area (Å²) in [5.41, 5.74) is 1.08. The zero-order valence-corrected chi connectivity index (χ0v) is 21.2. The average molecular weight is 510 g/mol. The SMILES string of the molecule is CCN(Cc1cnc(S(=O)(=O)Cc2cccc(Cl)c2)n1CC(C)C)S(=O)(=O)c1ccccc1. The van der Waals surface area contributed by atoms with E-state index in [9.17, 15) is 16.8 Å². The summed E-state index contributed by atoms with van der Waals surface area (Å²) >= 11 is 6.01. The van der Waals surface area contributed by atoms with Gasteiger partial charge in [-0.2, -0.15) is 4.31 Å². The van der Waals surface area contributed by atoms with Gasteiger partial charge in [-0.1, -0.05) is 62.7 Å². The monoisotopic (exact) mass is 509 g/mol. The van der Waals surface area contributed by atoms with E-state index in [2.05, 4.69) is 4.98 Å². The fourth-order valence-electron chi connectivity index (χ4n) is 3.53. The largest absolute Gasteiger partial charge is 0.317 e. The van der Waals surface area contributed by atoms with E-state index in [1.54, 1.807) is 66.1 Å². The fraction of sp³-hybridized carbons (Fsp3) is 0.348. The second-order valence-corrected chi connectivity index (χ2v) is 12.4. The van der Waals surface area contributed by atoms with Crippen molar-refractivity contribution in [2.24, 2.45) is 5.92 Å².